The lowest BCUT2D eigenvalue weighted by Gasteiger charge is -2.47. The molecule has 0 unspecified atom stereocenters. The summed E-state index contributed by atoms with van der Waals surface area (Å²) in [6, 6.07) is 0. The van der Waals surface area contributed by atoms with Crippen molar-refractivity contribution in [2.24, 2.45) is 0 Å². The molecule has 0 saturated carbocycles. The average Bonchev–Trinajstić information content (AvgIpc) is 2.28. The molecular weight excluding hydrogens is 272 g/mol. The third-order valence-corrected chi connectivity index (χ3v) is 3.38. The molecule has 0 aliphatic carbocycles. The number of hydroxylamine groups is 2. The molecule has 120 valence electrons. The Morgan fingerprint density at radius 1 is 1.29 bits per heavy atom. The van der Waals surface area contributed by atoms with Crippen molar-refractivity contribution >= 4 is 6.09 Å². The minimum Gasteiger partial charge on any atom is -0.444 e. The minimum atomic E-state index is -1.03. The molecule has 1 saturated heterocycles. The van der Waals surface area contributed by atoms with E-state index in [1.807, 2.05) is 0 Å². The zero-order chi connectivity index (χ0) is 16.4. The third kappa shape index (κ3) is 4.75. The van der Waals surface area contributed by atoms with Crippen LogP contribution >= 0.6 is 0 Å². The van der Waals surface area contributed by atoms with Crippen molar-refractivity contribution in [1.29, 1.82) is 0 Å². The largest absolute Gasteiger partial charge is 0.444 e. The maximum Gasteiger partial charge on any atom is 0.410 e. The van der Waals surface area contributed by atoms with Gasteiger partial charge in [0.15, 0.2) is 0 Å². The maximum absolute atomic E-state index is 11.8. The Hall–Kier alpha value is -1.53. The van der Waals surface area contributed by atoms with Crippen LogP contribution in [0.4, 0.5) is 4.79 Å². The van der Waals surface area contributed by atoms with Gasteiger partial charge in [-0.15, -0.1) is 0 Å². The molecule has 2 N–H and O–H groups in total. The number of ether oxygens (including phenoxy) is 1. The van der Waals surface area contributed by atoms with Crippen molar-refractivity contribution in [3.63, 3.8) is 0 Å². The highest BCUT2D eigenvalue weighted by Gasteiger charge is 2.46. The SMILES string of the molecule is C/C(=C\C=C(/C)C1(O)CN(C(=O)OC(C)(C)C)C1)N(C)O. The van der Waals surface area contributed by atoms with E-state index < -0.39 is 17.3 Å². The molecule has 6 nitrogen and oxygen atoms in total. The molecule has 1 rings (SSSR count). The van der Waals surface area contributed by atoms with E-state index in [-0.39, 0.29) is 13.1 Å². The van der Waals surface area contributed by atoms with Gasteiger partial charge in [0, 0.05) is 12.7 Å². The highest BCUT2D eigenvalue weighted by molar-refractivity contribution is 5.70. The predicted molar refractivity (Wildman–Crippen MR) is 79.8 cm³/mol. The lowest BCUT2D eigenvalue weighted by atomic mass is 9.86. The van der Waals surface area contributed by atoms with Gasteiger partial charge >= 0.3 is 6.09 Å². The van der Waals surface area contributed by atoms with Gasteiger partial charge in [-0.3, -0.25) is 10.3 Å². The van der Waals surface area contributed by atoms with Crippen molar-refractivity contribution in [3.05, 3.63) is 23.4 Å². The number of likely N-dealkylation sites (tertiary alicyclic amines) is 1. The summed E-state index contributed by atoms with van der Waals surface area (Å²) in [5.74, 6) is 0. The fourth-order valence-electron chi connectivity index (χ4n) is 1.80. The van der Waals surface area contributed by atoms with E-state index in [1.165, 1.54) is 11.9 Å². The number of allylic oxidation sites excluding steroid dienone is 3. The van der Waals surface area contributed by atoms with Crippen LogP contribution in [0.5, 0.6) is 0 Å². The van der Waals surface area contributed by atoms with Gasteiger partial charge in [0.2, 0.25) is 0 Å². The molecule has 0 aromatic carbocycles. The molecule has 1 heterocycles. The van der Waals surface area contributed by atoms with Crippen LogP contribution in [-0.2, 0) is 4.74 Å². The molecular formula is C15H26N2O4. The van der Waals surface area contributed by atoms with Gasteiger partial charge in [0.1, 0.15) is 11.2 Å². The van der Waals surface area contributed by atoms with E-state index in [2.05, 4.69) is 0 Å². The molecule has 0 atom stereocenters. The molecule has 0 spiro atoms. The Kier molecular flexibility index (Phi) is 5.07. The molecule has 1 aliphatic heterocycles. The van der Waals surface area contributed by atoms with Crippen molar-refractivity contribution in [2.75, 3.05) is 20.1 Å². The molecule has 21 heavy (non-hydrogen) atoms. The first-order valence-corrected chi connectivity index (χ1v) is 6.93. The number of amides is 1. The number of nitrogens with zero attached hydrogens (tertiary/aromatic N) is 2. The fourth-order valence-corrected chi connectivity index (χ4v) is 1.80. The second-order valence-corrected chi connectivity index (χ2v) is 6.55. The van der Waals surface area contributed by atoms with E-state index in [0.717, 1.165) is 10.6 Å². The Morgan fingerprint density at radius 2 is 1.81 bits per heavy atom. The number of rotatable bonds is 3. The summed E-state index contributed by atoms with van der Waals surface area (Å²) in [7, 11) is 1.53. The van der Waals surface area contributed by atoms with Crippen LogP contribution in [0.1, 0.15) is 34.6 Å². The van der Waals surface area contributed by atoms with E-state index in [1.54, 1.807) is 46.8 Å². The molecule has 1 amide bonds. The summed E-state index contributed by atoms with van der Waals surface area (Å²) in [6.07, 6.45) is 3.04. The van der Waals surface area contributed by atoms with Gasteiger partial charge in [-0.1, -0.05) is 6.08 Å². The van der Waals surface area contributed by atoms with E-state index >= 15 is 0 Å². The number of hydrogen-bond donors (Lipinski definition) is 2. The van der Waals surface area contributed by atoms with Crippen molar-refractivity contribution < 1.29 is 19.8 Å². The smallest absolute Gasteiger partial charge is 0.410 e. The third-order valence-electron chi connectivity index (χ3n) is 3.38. The highest BCUT2D eigenvalue weighted by Crippen LogP contribution is 2.29. The van der Waals surface area contributed by atoms with Crippen molar-refractivity contribution in [2.45, 2.75) is 45.8 Å². The highest BCUT2D eigenvalue weighted by atomic mass is 16.6. The van der Waals surface area contributed by atoms with Crippen molar-refractivity contribution in [1.82, 2.24) is 9.96 Å². The molecule has 0 aromatic heterocycles. The van der Waals surface area contributed by atoms with Crippen LogP contribution in [0.3, 0.4) is 0 Å². The standard InChI is InChI=1S/C15H26N2O4/c1-11(7-8-12(2)16(6)20)15(19)9-17(10-15)13(18)21-14(3,4)5/h7-8,19-20H,9-10H2,1-6H3/b11-7+,12-8+. The van der Waals surface area contributed by atoms with E-state index in [0.29, 0.717) is 5.70 Å². The van der Waals surface area contributed by atoms with Crippen LogP contribution in [-0.4, -0.2) is 57.7 Å². The van der Waals surface area contributed by atoms with E-state index in [9.17, 15) is 15.1 Å². The summed E-state index contributed by atoms with van der Waals surface area (Å²) in [4.78, 5) is 13.3. The quantitative estimate of drug-likeness (QED) is 0.617. The zero-order valence-electron chi connectivity index (χ0n) is 13.7. The lowest BCUT2D eigenvalue weighted by Crippen LogP contribution is -2.64. The van der Waals surface area contributed by atoms with Crippen LogP contribution in [0.25, 0.3) is 0 Å². The topological polar surface area (TPSA) is 73.2 Å². The summed E-state index contributed by atoms with van der Waals surface area (Å²) in [5, 5.41) is 20.7. The zero-order valence-corrected chi connectivity index (χ0v) is 13.7. The van der Waals surface area contributed by atoms with Gasteiger partial charge in [0.25, 0.3) is 0 Å². The molecule has 6 heteroatoms. The predicted octanol–water partition coefficient (Wildman–Crippen LogP) is 2.14. The second-order valence-electron chi connectivity index (χ2n) is 6.55. The number of aliphatic hydroxyl groups is 1. The number of carbonyl (C=O) groups excluding carboxylic acids is 1. The molecule has 1 fully saturated rings. The van der Waals surface area contributed by atoms with Gasteiger partial charge in [-0.2, -0.15) is 0 Å². The average molecular weight is 298 g/mol. The first-order chi connectivity index (χ1) is 9.44. The van der Waals surface area contributed by atoms with E-state index in [4.69, 9.17) is 4.74 Å². The van der Waals surface area contributed by atoms with Crippen LogP contribution in [0.2, 0.25) is 0 Å². The summed E-state index contributed by atoms with van der Waals surface area (Å²) >= 11 is 0. The Morgan fingerprint density at radius 3 is 2.24 bits per heavy atom. The molecule has 0 bridgehead atoms. The number of β-amino-alcohol motifs (C(OH)–C–C–N with tert-alkyl or cyclic N) is 1. The molecule has 1 aliphatic rings. The summed E-state index contributed by atoms with van der Waals surface area (Å²) < 4.78 is 5.25. The normalized spacial score (nSPS) is 19.1. The Balaban J connectivity index is 2.62. The van der Waals surface area contributed by atoms with Gasteiger partial charge in [-0.25, -0.2) is 4.79 Å². The molecule has 0 aromatic rings. The Bertz CT molecular complexity index is 455. The lowest BCUT2D eigenvalue weighted by molar-refractivity contribution is -0.0755. The number of carbonyl (C=O) groups is 1. The summed E-state index contributed by atoms with van der Waals surface area (Å²) in [5.41, 5.74) is -0.173. The number of hydrogen-bond acceptors (Lipinski definition) is 5. The van der Waals surface area contributed by atoms with Crippen LogP contribution in [0.15, 0.2) is 23.4 Å². The second kappa shape index (κ2) is 6.07. The Labute approximate surface area is 126 Å². The van der Waals surface area contributed by atoms with Gasteiger partial charge in [0.05, 0.1) is 13.1 Å². The molecule has 0 radical (unpaired) electrons. The first kappa shape index (κ1) is 17.5. The maximum atomic E-state index is 11.8. The monoisotopic (exact) mass is 298 g/mol. The minimum absolute atomic E-state index is 0.214. The first-order valence-electron chi connectivity index (χ1n) is 6.93. The van der Waals surface area contributed by atoms with Crippen LogP contribution in [0, 0.1) is 0 Å². The van der Waals surface area contributed by atoms with Crippen molar-refractivity contribution in [3.8, 4) is 0 Å². The fraction of sp³-hybridized carbons (Fsp3) is 0.667. The van der Waals surface area contributed by atoms with Gasteiger partial charge in [-0.05, 0) is 46.3 Å². The van der Waals surface area contributed by atoms with Gasteiger partial charge < -0.3 is 14.7 Å². The van der Waals surface area contributed by atoms with Crippen LogP contribution < -0.4 is 0 Å². The summed E-state index contributed by atoms with van der Waals surface area (Å²) in [6.45, 7) is 9.40.